The van der Waals surface area contributed by atoms with Gasteiger partial charge in [0.1, 0.15) is 17.2 Å². The molecule has 3 aromatic rings. The number of hydrogen-bond donors (Lipinski definition) is 0. The van der Waals surface area contributed by atoms with Gasteiger partial charge in [0.05, 0.1) is 0 Å². The van der Waals surface area contributed by atoms with Crippen LogP contribution >= 0.6 is 11.6 Å². The van der Waals surface area contributed by atoms with Crippen molar-refractivity contribution in [2.75, 3.05) is 0 Å². The van der Waals surface area contributed by atoms with Gasteiger partial charge >= 0.3 is 11.9 Å². The maximum Gasteiger partial charge on any atom is 0.362 e. The lowest BCUT2D eigenvalue weighted by atomic mass is 10.3. The van der Waals surface area contributed by atoms with Crippen molar-refractivity contribution in [1.82, 2.24) is 0 Å². The van der Waals surface area contributed by atoms with E-state index in [9.17, 15) is 4.79 Å². The molecule has 0 saturated carbocycles. The molecule has 3 rings (SSSR count). The fourth-order valence-electron chi connectivity index (χ4n) is 2.03. The van der Waals surface area contributed by atoms with E-state index < -0.39 is 5.97 Å². The number of para-hydroxylation sites is 3. The summed E-state index contributed by atoms with van der Waals surface area (Å²) in [7, 11) is 0. The monoisotopic (exact) mass is 366 g/mol. The van der Waals surface area contributed by atoms with Crippen LogP contribution in [0.15, 0.2) is 102 Å². The molecule has 0 heterocycles. The largest absolute Gasteiger partial charge is 0.425 e. The molecule has 5 heteroatoms. The summed E-state index contributed by atoms with van der Waals surface area (Å²) < 4.78 is 16.6. The van der Waals surface area contributed by atoms with Gasteiger partial charge in [-0.2, -0.15) is 0 Å². The zero-order chi connectivity index (χ0) is 18.2. The predicted molar refractivity (Wildman–Crippen MR) is 99.1 cm³/mol. The summed E-state index contributed by atoms with van der Waals surface area (Å²) in [6.07, 6.45) is 0. The van der Waals surface area contributed by atoms with Gasteiger partial charge in [0.2, 0.25) is 5.03 Å². The minimum atomic E-state index is -0.778. The Morgan fingerprint density at radius 3 is 1.31 bits per heavy atom. The number of benzene rings is 3. The molecule has 0 aliphatic heterocycles. The maximum absolute atomic E-state index is 12.4. The minimum absolute atomic E-state index is 0.162. The van der Waals surface area contributed by atoms with Crippen molar-refractivity contribution in [3.05, 3.63) is 102 Å². The first-order valence-corrected chi connectivity index (χ1v) is 8.23. The molecular formula is C21H15ClO4. The molecule has 0 unspecified atom stereocenters. The summed E-state index contributed by atoms with van der Waals surface area (Å²) in [5.41, 5.74) is 0. The quantitative estimate of drug-likeness (QED) is 0.262. The van der Waals surface area contributed by atoms with E-state index in [-0.39, 0.29) is 11.0 Å². The molecule has 0 atom stereocenters. The molecule has 3 aromatic carbocycles. The van der Waals surface area contributed by atoms with Crippen LogP contribution < -0.4 is 14.2 Å². The van der Waals surface area contributed by atoms with Crippen LogP contribution in [0.4, 0.5) is 0 Å². The second-order valence-electron chi connectivity index (χ2n) is 5.13. The molecule has 0 aliphatic carbocycles. The summed E-state index contributed by atoms with van der Waals surface area (Å²) in [5.74, 6) is 0.382. The van der Waals surface area contributed by atoms with Crippen LogP contribution in [-0.4, -0.2) is 5.97 Å². The number of carbonyl (C=O) groups excluding carboxylic acids is 1. The van der Waals surface area contributed by atoms with Gasteiger partial charge in [-0.05, 0) is 36.4 Å². The van der Waals surface area contributed by atoms with E-state index in [0.717, 1.165) is 0 Å². The molecule has 4 nitrogen and oxygen atoms in total. The molecule has 0 N–H and O–H groups in total. The van der Waals surface area contributed by atoms with Crippen LogP contribution in [0.5, 0.6) is 17.2 Å². The molecule has 0 radical (unpaired) electrons. The van der Waals surface area contributed by atoms with Crippen LogP contribution in [0.3, 0.4) is 0 Å². The number of esters is 1. The average Bonchev–Trinajstić information content (AvgIpc) is 2.69. The van der Waals surface area contributed by atoms with Crippen molar-refractivity contribution in [1.29, 1.82) is 0 Å². The Morgan fingerprint density at radius 1 is 0.577 bits per heavy atom. The van der Waals surface area contributed by atoms with E-state index in [1.807, 2.05) is 18.2 Å². The summed E-state index contributed by atoms with van der Waals surface area (Å²) in [6.45, 7) is 0. The lowest BCUT2D eigenvalue weighted by molar-refractivity contribution is -0.129. The number of hydrogen-bond acceptors (Lipinski definition) is 4. The molecule has 0 saturated heterocycles. The van der Waals surface area contributed by atoms with E-state index in [1.54, 1.807) is 72.8 Å². The zero-order valence-electron chi connectivity index (χ0n) is 13.7. The predicted octanol–water partition coefficient (Wildman–Crippen LogP) is 5.16. The number of rotatable bonds is 6. The Balaban J connectivity index is 1.86. The van der Waals surface area contributed by atoms with Crippen molar-refractivity contribution in [2.45, 2.75) is 0 Å². The third kappa shape index (κ3) is 4.88. The molecule has 0 aliphatic rings. The van der Waals surface area contributed by atoms with Crippen LogP contribution in [0.2, 0.25) is 0 Å². The first-order chi connectivity index (χ1) is 12.7. The smallest absolute Gasteiger partial charge is 0.362 e. The topological polar surface area (TPSA) is 44.8 Å². The van der Waals surface area contributed by atoms with Gasteiger partial charge < -0.3 is 14.2 Å². The molecule has 0 aromatic heterocycles. The van der Waals surface area contributed by atoms with Crippen molar-refractivity contribution >= 4 is 17.6 Å². The van der Waals surface area contributed by atoms with Gasteiger partial charge in [0.25, 0.3) is 0 Å². The number of ether oxygens (including phenoxy) is 3. The lowest BCUT2D eigenvalue weighted by Crippen LogP contribution is -2.15. The molecular weight excluding hydrogens is 352 g/mol. The van der Waals surface area contributed by atoms with Crippen molar-refractivity contribution in [3.8, 4) is 17.2 Å². The standard InChI is InChI=1S/C21H15ClO4/c22-19(20(23)24-16-10-4-1-5-11-16)21(25-17-12-6-2-7-13-17)26-18-14-8-3-9-15-18/h1-15H. The first kappa shape index (κ1) is 17.6. The van der Waals surface area contributed by atoms with Crippen molar-refractivity contribution in [2.24, 2.45) is 0 Å². The fraction of sp³-hybridized carbons (Fsp3) is 0. The van der Waals surface area contributed by atoms with E-state index in [2.05, 4.69) is 0 Å². The normalized spacial score (nSPS) is 9.88. The van der Waals surface area contributed by atoms with Gasteiger partial charge in [-0.3, -0.25) is 0 Å². The second kappa shape index (κ2) is 8.74. The highest BCUT2D eigenvalue weighted by atomic mass is 35.5. The molecule has 130 valence electrons. The van der Waals surface area contributed by atoms with Crippen molar-refractivity contribution in [3.63, 3.8) is 0 Å². The minimum Gasteiger partial charge on any atom is -0.425 e. The highest BCUT2D eigenvalue weighted by Gasteiger charge is 2.20. The summed E-state index contributed by atoms with van der Waals surface area (Å²) in [4.78, 5) is 12.4. The molecule has 0 bridgehead atoms. The maximum atomic E-state index is 12.4. The van der Waals surface area contributed by atoms with Gasteiger partial charge in [0.15, 0.2) is 0 Å². The second-order valence-corrected chi connectivity index (χ2v) is 5.51. The number of halogens is 1. The number of carbonyl (C=O) groups is 1. The Labute approximate surface area is 156 Å². The van der Waals surface area contributed by atoms with Gasteiger partial charge in [0, 0.05) is 0 Å². The van der Waals surface area contributed by atoms with Crippen LogP contribution in [0.25, 0.3) is 0 Å². The zero-order valence-corrected chi connectivity index (χ0v) is 14.4. The Bertz CT molecular complexity index is 834. The highest BCUT2D eigenvalue weighted by Crippen LogP contribution is 2.23. The summed E-state index contributed by atoms with van der Waals surface area (Å²) in [6, 6.07) is 26.4. The third-order valence-electron chi connectivity index (χ3n) is 3.22. The van der Waals surface area contributed by atoms with E-state index in [4.69, 9.17) is 25.8 Å². The van der Waals surface area contributed by atoms with Crippen LogP contribution in [0, 0.1) is 0 Å². The summed E-state index contributed by atoms with van der Waals surface area (Å²) in [5, 5.41) is -0.304. The third-order valence-corrected chi connectivity index (χ3v) is 3.53. The van der Waals surface area contributed by atoms with Gasteiger partial charge in [-0.15, -0.1) is 0 Å². The SMILES string of the molecule is O=C(Oc1ccccc1)C(Cl)=C(Oc1ccccc1)Oc1ccccc1. The van der Waals surface area contributed by atoms with Crippen molar-refractivity contribution < 1.29 is 19.0 Å². The first-order valence-electron chi connectivity index (χ1n) is 7.85. The highest BCUT2D eigenvalue weighted by molar-refractivity contribution is 6.41. The Kier molecular flexibility index (Phi) is 5.91. The molecule has 26 heavy (non-hydrogen) atoms. The fourth-order valence-corrected chi connectivity index (χ4v) is 2.14. The average molecular weight is 367 g/mol. The van der Waals surface area contributed by atoms with Gasteiger partial charge in [-0.1, -0.05) is 66.2 Å². The van der Waals surface area contributed by atoms with E-state index in [0.29, 0.717) is 17.2 Å². The molecule has 0 amide bonds. The van der Waals surface area contributed by atoms with E-state index >= 15 is 0 Å². The Morgan fingerprint density at radius 2 is 0.923 bits per heavy atom. The van der Waals surface area contributed by atoms with E-state index in [1.165, 1.54) is 0 Å². The van der Waals surface area contributed by atoms with Gasteiger partial charge in [-0.25, -0.2) is 4.79 Å². The molecule has 0 fully saturated rings. The van der Waals surface area contributed by atoms with Crippen LogP contribution in [0.1, 0.15) is 0 Å². The summed E-state index contributed by atoms with van der Waals surface area (Å²) >= 11 is 6.20. The lowest BCUT2D eigenvalue weighted by Gasteiger charge is -2.13. The molecule has 0 spiro atoms. The van der Waals surface area contributed by atoms with Crippen LogP contribution in [-0.2, 0) is 4.79 Å². The Hall–Kier alpha value is -3.24.